The number of fused-ring (bicyclic) bond motifs is 1. The average molecular weight is 390 g/mol. The largest absolute Gasteiger partial charge is 0.506 e. The zero-order chi connectivity index (χ0) is 22.0. The third kappa shape index (κ3) is 4.37. The number of para-hydroxylation sites is 1. The molecular weight excluding hydrogens is 354 g/mol. The van der Waals surface area contributed by atoms with E-state index in [2.05, 4.69) is 60.9 Å². The Labute approximate surface area is 176 Å². The average Bonchev–Trinajstić information content (AvgIpc) is 2.64. The van der Waals surface area contributed by atoms with Gasteiger partial charge < -0.3 is 5.11 Å². The minimum atomic E-state index is -0.248. The van der Waals surface area contributed by atoms with E-state index in [1.54, 1.807) is 6.07 Å². The van der Waals surface area contributed by atoms with Crippen LogP contribution in [0.5, 0.6) is 5.75 Å². The molecule has 2 heteroatoms. The number of rotatable bonds is 9. The lowest BCUT2D eigenvalue weighted by Gasteiger charge is -2.44. The zero-order valence-electron chi connectivity index (χ0n) is 18.7. The van der Waals surface area contributed by atoms with E-state index in [0.717, 1.165) is 52.6 Å². The summed E-state index contributed by atoms with van der Waals surface area (Å²) in [6.45, 7) is 27.7. The van der Waals surface area contributed by atoms with Gasteiger partial charge >= 0.3 is 0 Å². The van der Waals surface area contributed by atoms with Gasteiger partial charge in [0.1, 0.15) is 11.3 Å². The molecule has 1 heterocycles. The molecule has 0 unspecified atom stereocenters. The Morgan fingerprint density at radius 1 is 0.897 bits per heavy atom. The number of phenols is 1. The van der Waals surface area contributed by atoms with Gasteiger partial charge in [0.15, 0.2) is 0 Å². The van der Waals surface area contributed by atoms with E-state index >= 15 is 0 Å². The molecule has 0 aliphatic rings. The molecule has 2 rings (SSSR count). The van der Waals surface area contributed by atoms with Crippen molar-refractivity contribution >= 4 is 10.9 Å². The molecule has 2 nitrogen and oxygen atoms in total. The van der Waals surface area contributed by atoms with Crippen LogP contribution < -0.4 is 0 Å². The molecule has 0 fully saturated rings. The highest BCUT2D eigenvalue weighted by Gasteiger charge is 2.40. The van der Waals surface area contributed by atoms with Crippen LogP contribution in [0, 0.1) is 10.8 Å². The van der Waals surface area contributed by atoms with Crippen LogP contribution in [0.15, 0.2) is 78.9 Å². The minimum Gasteiger partial charge on any atom is -0.506 e. The van der Waals surface area contributed by atoms with Crippen molar-refractivity contribution in [1.82, 2.24) is 4.98 Å². The number of phenolic OH excluding ortho intramolecular Hbond substituents is 1. The van der Waals surface area contributed by atoms with Crippen LogP contribution >= 0.6 is 0 Å². The SMILES string of the molecule is C=C(C)C(C)(CC(CCc1ccc2cccc(O)c2n1)(C(=C)C)C(=C)C)C(=C)C. The molecule has 0 saturated heterocycles. The summed E-state index contributed by atoms with van der Waals surface area (Å²) >= 11 is 0. The van der Waals surface area contributed by atoms with E-state index in [9.17, 15) is 5.11 Å². The van der Waals surface area contributed by atoms with Crippen LogP contribution in [0.4, 0.5) is 0 Å². The van der Waals surface area contributed by atoms with Crippen molar-refractivity contribution in [2.24, 2.45) is 10.8 Å². The molecule has 0 aliphatic heterocycles. The normalized spacial score (nSPS) is 12.0. The van der Waals surface area contributed by atoms with E-state index in [1.165, 1.54) is 0 Å². The second kappa shape index (κ2) is 8.41. The van der Waals surface area contributed by atoms with E-state index in [1.807, 2.05) is 24.3 Å². The zero-order valence-corrected chi connectivity index (χ0v) is 18.7. The number of hydrogen-bond donors (Lipinski definition) is 1. The van der Waals surface area contributed by atoms with Crippen LogP contribution in [0.1, 0.15) is 53.2 Å². The van der Waals surface area contributed by atoms with E-state index < -0.39 is 0 Å². The van der Waals surface area contributed by atoms with Gasteiger partial charge in [0.2, 0.25) is 0 Å². The smallest absolute Gasteiger partial charge is 0.141 e. The third-order valence-electron chi connectivity index (χ3n) is 6.74. The van der Waals surface area contributed by atoms with Gasteiger partial charge in [-0.3, -0.25) is 0 Å². The summed E-state index contributed by atoms with van der Waals surface area (Å²) in [7, 11) is 0. The molecule has 29 heavy (non-hydrogen) atoms. The Balaban J connectivity index is 2.43. The summed E-state index contributed by atoms with van der Waals surface area (Å²) in [6, 6.07) is 9.54. The molecule has 0 atom stereocenters. The quantitative estimate of drug-likeness (QED) is 0.449. The maximum absolute atomic E-state index is 10.2. The molecule has 0 aliphatic carbocycles. The number of hydrogen-bond acceptors (Lipinski definition) is 2. The fourth-order valence-electron chi connectivity index (χ4n) is 4.10. The molecule has 0 spiro atoms. The van der Waals surface area contributed by atoms with Crippen LogP contribution in [-0.2, 0) is 6.42 Å². The van der Waals surface area contributed by atoms with Crippen molar-refractivity contribution in [2.45, 2.75) is 53.9 Å². The number of aromatic nitrogens is 1. The first-order valence-corrected chi connectivity index (χ1v) is 10.2. The maximum atomic E-state index is 10.2. The van der Waals surface area contributed by atoms with E-state index in [-0.39, 0.29) is 16.6 Å². The van der Waals surface area contributed by atoms with E-state index in [0.29, 0.717) is 5.52 Å². The fraction of sp³-hybridized carbons (Fsp3) is 0.370. The van der Waals surface area contributed by atoms with Crippen molar-refractivity contribution in [1.29, 1.82) is 0 Å². The Kier molecular flexibility index (Phi) is 6.57. The second-order valence-corrected chi connectivity index (χ2v) is 8.86. The van der Waals surface area contributed by atoms with Crippen molar-refractivity contribution in [3.63, 3.8) is 0 Å². The monoisotopic (exact) mass is 389 g/mol. The Hall–Kier alpha value is -2.61. The van der Waals surface area contributed by atoms with Crippen LogP contribution in [0.25, 0.3) is 10.9 Å². The Morgan fingerprint density at radius 3 is 2.00 bits per heavy atom. The highest BCUT2D eigenvalue weighted by atomic mass is 16.3. The molecule has 154 valence electrons. The molecule has 2 aromatic rings. The number of aryl methyl sites for hydroxylation is 1. The molecule has 0 radical (unpaired) electrons. The van der Waals surface area contributed by atoms with Crippen LogP contribution in [0.2, 0.25) is 0 Å². The van der Waals surface area contributed by atoms with Gasteiger partial charge in [0.05, 0.1) is 0 Å². The Bertz CT molecular complexity index is 951. The fourth-order valence-corrected chi connectivity index (χ4v) is 4.10. The summed E-state index contributed by atoms with van der Waals surface area (Å²) in [5, 5.41) is 11.1. The number of aromatic hydroxyl groups is 1. The first-order valence-electron chi connectivity index (χ1n) is 10.2. The second-order valence-electron chi connectivity index (χ2n) is 8.86. The topological polar surface area (TPSA) is 33.1 Å². The summed E-state index contributed by atoms with van der Waals surface area (Å²) in [5.74, 6) is 0.215. The minimum absolute atomic E-state index is 0.201. The van der Waals surface area contributed by atoms with Crippen LogP contribution in [-0.4, -0.2) is 10.1 Å². The van der Waals surface area contributed by atoms with E-state index in [4.69, 9.17) is 4.98 Å². The lowest BCUT2D eigenvalue weighted by molar-refractivity contribution is 0.264. The summed E-state index contributed by atoms with van der Waals surface area (Å²) in [6.07, 6.45) is 2.46. The predicted octanol–water partition coefficient (Wildman–Crippen LogP) is 7.56. The van der Waals surface area contributed by atoms with Crippen molar-refractivity contribution in [3.05, 3.63) is 84.6 Å². The lowest BCUT2D eigenvalue weighted by Crippen LogP contribution is -2.33. The van der Waals surface area contributed by atoms with Crippen molar-refractivity contribution in [2.75, 3.05) is 0 Å². The summed E-state index contributed by atoms with van der Waals surface area (Å²) in [4.78, 5) is 4.72. The Morgan fingerprint density at radius 2 is 1.48 bits per heavy atom. The highest BCUT2D eigenvalue weighted by molar-refractivity contribution is 5.84. The number of allylic oxidation sites excluding steroid dienone is 4. The lowest BCUT2D eigenvalue weighted by atomic mass is 9.60. The highest BCUT2D eigenvalue weighted by Crippen LogP contribution is 2.51. The predicted molar refractivity (Wildman–Crippen MR) is 126 cm³/mol. The van der Waals surface area contributed by atoms with Crippen molar-refractivity contribution in [3.8, 4) is 5.75 Å². The first kappa shape index (κ1) is 22.7. The summed E-state index contributed by atoms with van der Waals surface area (Å²) in [5.41, 5.74) is 5.56. The molecule has 0 saturated carbocycles. The third-order valence-corrected chi connectivity index (χ3v) is 6.74. The molecule has 1 aromatic carbocycles. The van der Waals surface area contributed by atoms with Gasteiger partial charge in [0, 0.05) is 21.9 Å². The van der Waals surface area contributed by atoms with Crippen LogP contribution in [0.3, 0.4) is 0 Å². The number of benzene rings is 1. The van der Waals surface area contributed by atoms with Gasteiger partial charge in [0.25, 0.3) is 0 Å². The molecule has 0 bridgehead atoms. The van der Waals surface area contributed by atoms with Gasteiger partial charge in [-0.05, 0) is 59.1 Å². The molecular formula is C27H35NO. The van der Waals surface area contributed by atoms with Gasteiger partial charge in [-0.1, -0.05) is 73.7 Å². The number of pyridine rings is 1. The molecule has 1 N–H and O–H groups in total. The van der Waals surface area contributed by atoms with Gasteiger partial charge in [-0.15, -0.1) is 0 Å². The standard InChI is InChI=1S/C27H35NO/c1-18(2)26(9,19(3)4)17-27(20(5)6,21(7)8)16-15-23-14-13-22-11-10-12-24(29)25(22)28-23/h10-14,29H,1,3,5,7,15-17H2,2,4,6,8-9H3. The van der Waals surface area contributed by atoms with Gasteiger partial charge in [-0.25, -0.2) is 4.98 Å². The molecule has 1 aromatic heterocycles. The summed E-state index contributed by atoms with van der Waals surface area (Å²) < 4.78 is 0. The maximum Gasteiger partial charge on any atom is 0.141 e. The number of nitrogens with zero attached hydrogens (tertiary/aromatic N) is 1. The molecule has 0 amide bonds. The van der Waals surface area contributed by atoms with Crippen molar-refractivity contribution < 1.29 is 5.11 Å². The first-order chi connectivity index (χ1) is 13.4. The van der Waals surface area contributed by atoms with Gasteiger partial charge in [-0.2, -0.15) is 0 Å².